The third kappa shape index (κ3) is 3.92. The molecule has 2 heterocycles. The number of amides is 1. The van der Waals surface area contributed by atoms with Gasteiger partial charge in [-0.3, -0.25) is 4.79 Å². The Balaban J connectivity index is 1.74. The summed E-state index contributed by atoms with van der Waals surface area (Å²) in [5, 5.41) is 0. The molecule has 160 valence electrons. The van der Waals surface area contributed by atoms with E-state index in [9.17, 15) is 4.79 Å². The standard InChI is InChI=1S/C27H36N2O/c1-22(2)29-21-25(17-20-28-18-11-3-4-12-19-28)27(26(29)30,23-13-7-5-8-14-23)24-15-9-6-10-16-24/h5-10,13-16,22,25H,3-4,11-12,17-21H2,1-2H3. The van der Waals surface area contributed by atoms with Gasteiger partial charge in [0.15, 0.2) is 0 Å². The molecule has 0 radical (unpaired) electrons. The van der Waals surface area contributed by atoms with Gasteiger partial charge in [-0.05, 0) is 63.9 Å². The van der Waals surface area contributed by atoms with E-state index in [2.05, 4.69) is 72.2 Å². The summed E-state index contributed by atoms with van der Waals surface area (Å²) in [5.41, 5.74) is 1.70. The van der Waals surface area contributed by atoms with Crippen molar-refractivity contribution in [2.24, 2.45) is 5.92 Å². The van der Waals surface area contributed by atoms with Crippen molar-refractivity contribution in [1.29, 1.82) is 0 Å². The molecule has 2 aliphatic heterocycles. The number of hydrogen-bond acceptors (Lipinski definition) is 2. The third-order valence-corrected chi connectivity index (χ3v) is 7.20. The van der Waals surface area contributed by atoms with Crippen LogP contribution < -0.4 is 0 Å². The van der Waals surface area contributed by atoms with Gasteiger partial charge in [0.25, 0.3) is 0 Å². The topological polar surface area (TPSA) is 23.6 Å². The average molecular weight is 405 g/mol. The Kier molecular flexibility index (Phi) is 6.58. The van der Waals surface area contributed by atoms with Crippen molar-refractivity contribution < 1.29 is 4.79 Å². The molecule has 1 atom stereocenters. The molecule has 2 aliphatic rings. The van der Waals surface area contributed by atoms with Crippen molar-refractivity contribution in [3.8, 4) is 0 Å². The smallest absolute Gasteiger partial charge is 0.238 e. The Labute approximate surface area is 182 Å². The molecule has 0 bridgehead atoms. The molecule has 2 fully saturated rings. The predicted octanol–water partition coefficient (Wildman–Crippen LogP) is 5.11. The number of carbonyl (C=O) groups is 1. The van der Waals surface area contributed by atoms with Crippen LogP contribution in [0.5, 0.6) is 0 Å². The molecule has 2 aromatic rings. The molecule has 1 unspecified atom stereocenters. The lowest BCUT2D eigenvalue weighted by Gasteiger charge is -2.35. The van der Waals surface area contributed by atoms with Crippen LogP contribution in [0.2, 0.25) is 0 Å². The lowest BCUT2D eigenvalue weighted by atomic mass is 9.66. The van der Waals surface area contributed by atoms with Gasteiger partial charge in [-0.1, -0.05) is 73.5 Å². The Morgan fingerprint density at radius 2 is 1.40 bits per heavy atom. The van der Waals surface area contributed by atoms with E-state index < -0.39 is 5.41 Å². The maximum Gasteiger partial charge on any atom is 0.238 e. The summed E-state index contributed by atoms with van der Waals surface area (Å²) in [6, 6.07) is 21.3. The van der Waals surface area contributed by atoms with E-state index in [-0.39, 0.29) is 17.9 Å². The van der Waals surface area contributed by atoms with E-state index >= 15 is 0 Å². The molecule has 3 heteroatoms. The molecule has 1 amide bonds. The molecule has 30 heavy (non-hydrogen) atoms. The van der Waals surface area contributed by atoms with Crippen molar-refractivity contribution in [1.82, 2.24) is 9.80 Å². The first-order chi connectivity index (χ1) is 14.6. The molecule has 2 saturated heterocycles. The second kappa shape index (κ2) is 9.34. The number of rotatable bonds is 6. The molecule has 2 aromatic carbocycles. The van der Waals surface area contributed by atoms with Crippen LogP contribution in [0.15, 0.2) is 60.7 Å². The van der Waals surface area contributed by atoms with Gasteiger partial charge >= 0.3 is 0 Å². The van der Waals surface area contributed by atoms with Gasteiger partial charge in [0, 0.05) is 18.5 Å². The second-order valence-corrected chi connectivity index (χ2v) is 9.33. The summed E-state index contributed by atoms with van der Waals surface area (Å²) in [6.45, 7) is 8.64. The van der Waals surface area contributed by atoms with E-state index in [0.717, 1.165) is 30.6 Å². The van der Waals surface area contributed by atoms with Crippen molar-refractivity contribution in [2.45, 2.75) is 57.4 Å². The maximum absolute atomic E-state index is 14.1. The molecule has 0 saturated carbocycles. The van der Waals surface area contributed by atoms with Gasteiger partial charge in [-0.15, -0.1) is 0 Å². The van der Waals surface area contributed by atoms with Gasteiger partial charge in [0.05, 0.1) is 0 Å². The van der Waals surface area contributed by atoms with Crippen LogP contribution in [-0.4, -0.2) is 47.9 Å². The third-order valence-electron chi connectivity index (χ3n) is 7.20. The fourth-order valence-electron chi connectivity index (χ4n) is 5.60. The summed E-state index contributed by atoms with van der Waals surface area (Å²) in [7, 11) is 0. The quantitative estimate of drug-likeness (QED) is 0.668. The van der Waals surface area contributed by atoms with Gasteiger partial charge in [-0.2, -0.15) is 0 Å². The van der Waals surface area contributed by atoms with E-state index in [0.29, 0.717) is 0 Å². The molecule has 0 aliphatic carbocycles. The summed E-state index contributed by atoms with van der Waals surface area (Å²) < 4.78 is 0. The zero-order chi connectivity index (χ0) is 21.0. The van der Waals surface area contributed by atoms with Crippen molar-refractivity contribution in [3.63, 3.8) is 0 Å². The average Bonchev–Trinajstić information content (AvgIpc) is 2.91. The number of likely N-dealkylation sites (tertiary alicyclic amines) is 2. The van der Waals surface area contributed by atoms with Gasteiger partial charge in [-0.25, -0.2) is 0 Å². The normalized spacial score (nSPS) is 22.4. The van der Waals surface area contributed by atoms with Gasteiger partial charge < -0.3 is 9.80 Å². The van der Waals surface area contributed by atoms with Crippen LogP contribution in [0.3, 0.4) is 0 Å². The number of nitrogens with zero attached hydrogens (tertiary/aromatic N) is 2. The van der Waals surface area contributed by atoms with E-state index in [4.69, 9.17) is 0 Å². The predicted molar refractivity (Wildman–Crippen MR) is 124 cm³/mol. The number of hydrogen-bond donors (Lipinski definition) is 0. The van der Waals surface area contributed by atoms with Gasteiger partial charge in [0.2, 0.25) is 5.91 Å². The summed E-state index contributed by atoms with van der Waals surface area (Å²) >= 11 is 0. The lowest BCUT2D eigenvalue weighted by molar-refractivity contribution is -0.132. The molecular weight excluding hydrogens is 368 g/mol. The van der Waals surface area contributed by atoms with Crippen LogP contribution in [0.25, 0.3) is 0 Å². The zero-order valence-corrected chi connectivity index (χ0v) is 18.6. The zero-order valence-electron chi connectivity index (χ0n) is 18.6. The number of carbonyl (C=O) groups excluding carboxylic acids is 1. The Morgan fingerprint density at radius 1 is 0.867 bits per heavy atom. The molecule has 4 rings (SSSR count). The highest BCUT2D eigenvalue weighted by Gasteiger charge is 2.56. The van der Waals surface area contributed by atoms with E-state index in [1.165, 1.54) is 38.8 Å². The fourth-order valence-corrected chi connectivity index (χ4v) is 5.60. The summed E-state index contributed by atoms with van der Waals surface area (Å²) in [5.74, 6) is 0.552. The monoisotopic (exact) mass is 404 g/mol. The van der Waals surface area contributed by atoms with Crippen LogP contribution >= 0.6 is 0 Å². The van der Waals surface area contributed by atoms with Crippen molar-refractivity contribution in [3.05, 3.63) is 71.8 Å². The first kappa shape index (κ1) is 21.1. The Hall–Kier alpha value is -2.13. The minimum atomic E-state index is -0.585. The molecule has 3 nitrogen and oxygen atoms in total. The Bertz CT molecular complexity index is 770. The summed E-state index contributed by atoms with van der Waals surface area (Å²) in [4.78, 5) is 18.9. The molecule has 0 spiro atoms. The van der Waals surface area contributed by atoms with Crippen LogP contribution in [-0.2, 0) is 10.2 Å². The fraction of sp³-hybridized carbons (Fsp3) is 0.519. The number of benzene rings is 2. The van der Waals surface area contributed by atoms with Crippen LogP contribution in [0.4, 0.5) is 0 Å². The second-order valence-electron chi connectivity index (χ2n) is 9.33. The SMILES string of the molecule is CC(C)N1CC(CCN2CCCCCC2)C(c2ccccc2)(c2ccccc2)C1=O. The summed E-state index contributed by atoms with van der Waals surface area (Å²) in [6.07, 6.45) is 6.39. The highest BCUT2D eigenvalue weighted by molar-refractivity contribution is 5.95. The molecule has 0 aromatic heterocycles. The molecule has 0 N–H and O–H groups in total. The molecular formula is C27H36N2O. The van der Waals surface area contributed by atoms with Crippen molar-refractivity contribution >= 4 is 5.91 Å². The van der Waals surface area contributed by atoms with E-state index in [1.807, 2.05) is 12.1 Å². The van der Waals surface area contributed by atoms with Crippen molar-refractivity contribution in [2.75, 3.05) is 26.2 Å². The minimum Gasteiger partial charge on any atom is -0.339 e. The van der Waals surface area contributed by atoms with Crippen LogP contribution in [0, 0.1) is 5.92 Å². The highest BCUT2D eigenvalue weighted by Crippen LogP contribution is 2.48. The Morgan fingerprint density at radius 3 is 1.90 bits per heavy atom. The first-order valence-electron chi connectivity index (χ1n) is 11.8. The first-order valence-corrected chi connectivity index (χ1v) is 11.8. The van der Waals surface area contributed by atoms with E-state index in [1.54, 1.807) is 0 Å². The van der Waals surface area contributed by atoms with Gasteiger partial charge in [0.1, 0.15) is 5.41 Å². The highest BCUT2D eigenvalue weighted by atomic mass is 16.2. The lowest BCUT2D eigenvalue weighted by Crippen LogP contribution is -2.44. The largest absolute Gasteiger partial charge is 0.339 e. The van der Waals surface area contributed by atoms with Crippen LogP contribution in [0.1, 0.15) is 57.1 Å². The maximum atomic E-state index is 14.1. The minimum absolute atomic E-state index is 0.215.